The molecule has 0 aromatic carbocycles. The summed E-state index contributed by atoms with van der Waals surface area (Å²) in [6.45, 7) is 3.29. The standard InChI is InChI=1S/C15H20N2O3/c1-2-11-6-7-14(18)17(9-8-11)10-12-4-3-5-13(16-12)15(19)20/h3-5,11H,2,6-10H2,1H3,(H,19,20). The fourth-order valence-electron chi connectivity index (χ4n) is 2.55. The van der Waals surface area contributed by atoms with Gasteiger partial charge in [-0.05, 0) is 30.9 Å². The summed E-state index contributed by atoms with van der Waals surface area (Å²) in [5, 5.41) is 8.94. The Morgan fingerprint density at radius 1 is 1.45 bits per heavy atom. The van der Waals surface area contributed by atoms with Crippen LogP contribution < -0.4 is 0 Å². The van der Waals surface area contributed by atoms with Crippen molar-refractivity contribution in [2.24, 2.45) is 5.92 Å². The predicted octanol–water partition coefficient (Wildman–Crippen LogP) is 2.32. The predicted molar refractivity (Wildman–Crippen MR) is 74.2 cm³/mol. The number of carbonyl (C=O) groups is 2. The molecule has 5 heteroatoms. The van der Waals surface area contributed by atoms with Crippen LogP contribution in [-0.4, -0.2) is 33.4 Å². The van der Waals surface area contributed by atoms with Gasteiger partial charge in [-0.2, -0.15) is 0 Å². The maximum absolute atomic E-state index is 12.1. The van der Waals surface area contributed by atoms with Crippen molar-refractivity contribution in [3.05, 3.63) is 29.6 Å². The van der Waals surface area contributed by atoms with Crippen LogP contribution in [0.5, 0.6) is 0 Å². The number of hydrogen-bond donors (Lipinski definition) is 1. The molecule has 0 spiro atoms. The molecule has 0 bridgehead atoms. The number of pyridine rings is 1. The van der Waals surface area contributed by atoms with Gasteiger partial charge in [0.05, 0.1) is 12.2 Å². The van der Waals surface area contributed by atoms with Crippen LogP contribution in [0.1, 0.15) is 48.8 Å². The number of amides is 1. The fraction of sp³-hybridized carbons (Fsp3) is 0.533. The van der Waals surface area contributed by atoms with Crippen molar-refractivity contribution in [3.8, 4) is 0 Å². The first-order chi connectivity index (χ1) is 9.60. The minimum Gasteiger partial charge on any atom is -0.477 e. The van der Waals surface area contributed by atoms with Crippen LogP contribution in [0.15, 0.2) is 18.2 Å². The zero-order valence-electron chi connectivity index (χ0n) is 11.7. The van der Waals surface area contributed by atoms with Gasteiger partial charge in [0.15, 0.2) is 0 Å². The number of aromatic carboxylic acids is 1. The number of carboxylic acid groups (broad SMARTS) is 1. The molecular weight excluding hydrogens is 256 g/mol. The van der Waals surface area contributed by atoms with E-state index in [4.69, 9.17) is 5.11 Å². The fourth-order valence-corrected chi connectivity index (χ4v) is 2.55. The van der Waals surface area contributed by atoms with Crippen molar-refractivity contribution >= 4 is 11.9 Å². The minimum atomic E-state index is -1.04. The zero-order valence-corrected chi connectivity index (χ0v) is 11.7. The molecule has 0 saturated carbocycles. The molecule has 1 N–H and O–H groups in total. The van der Waals surface area contributed by atoms with E-state index in [0.717, 1.165) is 25.8 Å². The maximum atomic E-state index is 12.1. The molecule has 1 aliphatic heterocycles. The number of likely N-dealkylation sites (tertiary alicyclic amines) is 1. The third kappa shape index (κ3) is 3.56. The Balaban J connectivity index is 2.06. The third-order valence-electron chi connectivity index (χ3n) is 3.88. The number of hydrogen-bond acceptors (Lipinski definition) is 3. The highest BCUT2D eigenvalue weighted by molar-refractivity contribution is 5.85. The molecule has 1 aliphatic rings. The van der Waals surface area contributed by atoms with Crippen molar-refractivity contribution in [1.82, 2.24) is 9.88 Å². The molecular formula is C15H20N2O3. The van der Waals surface area contributed by atoms with Gasteiger partial charge in [0, 0.05) is 13.0 Å². The lowest BCUT2D eigenvalue weighted by molar-refractivity contribution is -0.131. The van der Waals surface area contributed by atoms with Gasteiger partial charge in [0.25, 0.3) is 0 Å². The van der Waals surface area contributed by atoms with Gasteiger partial charge in [-0.25, -0.2) is 9.78 Å². The van der Waals surface area contributed by atoms with Crippen LogP contribution in [0, 0.1) is 5.92 Å². The molecule has 1 saturated heterocycles. The van der Waals surface area contributed by atoms with E-state index in [1.165, 1.54) is 6.07 Å². The zero-order chi connectivity index (χ0) is 14.5. The second-order valence-electron chi connectivity index (χ2n) is 5.24. The summed E-state index contributed by atoms with van der Waals surface area (Å²) in [6.07, 6.45) is 3.65. The van der Waals surface area contributed by atoms with Crippen LogP contribution in [-0.2, 0) is 11.3 Å². The van der Waals surface area contributed by atoms with Gasteiger partial charge < -0.3 is 10.0 Å². The number of carboxylic acids is 1. The summed E-state index contributed by atoms with van der Waals surface area (Å²) in [7, 11) is 0. The highest BCUT2D eigenvalue weighted by Crippen LogP contribution is 2.22. The van der Waals surface area contributed by atoms with Crippen molar-refractivity contribution in [1.29, 1.82) is 0 Å². The molecule has 1 atom stereocenters. The quantitative estimate of drug-likeness (QED) is 0.916. The summed E-state index contributed by atoms with van der Waals surface area (Å²) in [4.78, 5) is 28.9. The molecule has 2 rings (SSSR count). The normalized spacial score (nSPS) is 19.8. The molecule has 1 amide bonds. The van der Waals surface area contributed by atoms with Gasteiger partial charge in [0.2, 0.25) is 5.91 Å². The Morgan fingerprint density at radius 3 is 2.95 bits per heavy atom. The first-order valence-corrected chi connectivity index (χ1v) is 7.07. The SMILES string of the molecule is CCC1CCC(=O)N(Cc2cccc(C(=O)O)n2)CC1. The number of nitrogens with zero attached hydrogens (tertiary/aromatic N) is 2. The molecule has 1 unspecified atom stereocenters. The highest BCUT2D eigenvalue weighted by Gasteiger charge is 2.22. The molecule has 5 nitrogen and oxygen atoms in total. The molecule has 1 aromatic heterocycles. The summed E-state index contributed by atoms with van der Waals surface area (Å²) >= 11 is 0. The van der Waals surface area contributed by atoms with Gasteiger partial charge in [-0.1, -0.05) is 19.4 Å². The van der Waals surface area contributed by atoms with Gasteiger partial charge >= 0.3 is 5.97 Å². The molecule has 0 aliphatic carbocycles. The van der Waals surface area contributed by atoms with Crippen molar-refractivity contribution in [2.75, 3.05) is 6.54 Å². The van der Waals surface area contributed by atoms with Crippen LogP contribution in [0.2, 0.25) is 0 Å². The summed E-state index contributed by atoms with van der Waals surface area (Å²) in [5.74, 6) is -0.286. The van der Waals surface area contributed by atoms with E-state index in [-0.39, 0.29) is 11.6 Å². The van der Waals surface area contributed by atoms with Crippen molar-refractivity contribution in [3.63, 3.8) is 0 Å². The van der Waals surface area contributed by atoms with Crippen LogP contribution in [0.4, 0.5) is 0 Å². The van der Waals surface area contributed by atoms with Gasteiger partial charge in [-0.15, -0.1) is 0 Å². The topological polar surface area (TPSA) is 70.5 Å². The summed E-state index contributed by atoms with van der Waals surface area (Å²) in [6, 6.07) is 4.90. The Bertz CT molecular complexity index is 502. The number of carbonyl (C=O) groups excluding carboxylic acids is 1. The molecule has 2 heterocycles. The van der Waals surface area contributed by atoms with Crippen LogP contribution in [0.3, 0.4) is 0 Å². The Morgan fingerprint density at radius 2 is 2.25 bits per heavy atom. The van der Waals surface area contributed by atoms with E-state index < -0.39 is 5.97 Å². The lowest BCUT2D eigenvalue weighted by Gasteiger charge is -2.20. The van der Waals surface area contributed by atoms with E-state index in [1.54, 1.807) is 17.0 Å². The average Bonchev–Trinajstić information content (AvgIpc) is 2.62. The monoisotopic (exact) mass is 276 g/mol. The Labute approximate surface area is 118 Å². The van der Waals surface area contributed by atoms with Gasteiger partial charge in [-0.3, -0.25) is 4.79 Å². The molecule has 1 aromatic rings. The minimum absolute atomic E-state index is 0.0243. The molecule has 20 heavy (non-hydrogen) atoms. The number of aromatic nitrogens is 1. The third-order valence-corrected chi connectivity index (χ3v) is 3.88. The number of rotatable bonds is 4. The molecule has 1 fully saturated rings. The lowest BCUT2D eigenvalue weighted by atomic mass is 9.98. The maximum Gasteiger partial charge on any atom is 0.354 e. The second-order valence-corrected chi connectivity index (χ2v) is 5.24. The smallest absolute Gasteiger partial charge is 0.354 e. The highest BCUT2D eigenvalue weighted by atomic mass is 16.4. The lowest BCUT2D eigenvalue weighted by Crippen LogP contribution is -2.30. The van der Waals surface area contributed by atoms with Crippen molar-refractivity contribution in [2.45, 2.75) is 39.2 Å². The average molecular weight is 276 g/mol. The van der Waals surface area contributed by atoms with E-state index in [2.05, 4.69) is 11.9 Å². The first-order valence-electron chi connectivity index (χ1n) is 7.07. The van der Waals surface area contributed by atoms with E-state index in [0.29, 0.717) is 24.6 Å². The Kier molecular flexibility index (Phi) is 4.71. The van der Waals surface area contributed by atoms with E-state index in [1.807, 2.05) is 0 Å². The van der Waals surface area contributed by atoms with Crippen LogP contribution >= 0.6 is 0 Å². The van der Waals surface area contributed by atoms with E-state index >= 15 is 0 Å². The van der Waals surface area contributed by atoms with Gasteiger partial charge in [0.1, 0.15) is 5.69 Å². The largest absolute Gasteiger partial charge is 0.477 e. The van der Waals surface area contributed by atoms with Crippen molar-refractivity contribution < 1.29 is 14.7 Å². The summed E-state index contributed by atoms with van der Waals surface area (Å²) < 4.78 is 0. The first kappa shape index (κ1) is 14.5. The van der Waals surface area contributed by atoms with Crippen LogP contribution in [0.25, 0.3) is 0 Å². The molecule has 0 radical (unpaired) electrons. The molecule has 108 valence electrons. The van der Waals surface area contributed by atoms with E-state index in [9.17, 15) is 9.59 Å². The second kappa shape index (κ2) is 6.50. The Hall–Kier alpha value is -1.91. The summed E-state index contributed by atoms with van der Waals surface area (Å²) in [5.41, 5.74) is 0.657.